The summed E-state index contributed by atoms with van der Waals surface area (Å²) in [5, 5.41) is 0. The molecule has 0 saturated carbocycles. The number of furan rings is 1. The maximum absolute atomic E-state index is 12.7. The Morgan fingerprint density at radius 1 is 1.42 bits per heavy atom. The van der Waals surface area contributed by atoms with Crippen LogP contribution in [0.4, 0.5) is 0 Å². The first-order chi connectivity index (χ1) is 11.6. The summed E-state index contributed by atoms with van der Waals surface area (Å²) >= 11 is 10.1. The van der Waals surface area contributed by atoms with Gasteiger partial charge in [0.05, 0.1) is 24.3 Å². The van der Waals surface area contributed by atoms with Gasteiger partial charge in [0.1, 0.15) is 15.8 Å². The van der Waals surface area contributed by atoms with Crippen molar-refractivity contribution in [3.63, 3.8) is 0 Å². The summed E-state index contributed by atoms with van der Waals surface area (Å²) in [5.41, 5.74) is 0.838. The van der Waals surface area contributed by atoms with Crippen LogP contribution in [0, 0.1) is 0 Å². The van der Waals surface area contributed by atoms with Gasteiger partial charge in [-0.25, -0.2) is 0 Å². The highest BCUT2D eigenvalue weighted by Crippen LogP contribution is 2.35. The van der Waals surface area contributed by atoms with E-state index in [4.69, 9.17) is 21.4 Å². The Bertz CT molecular complexity index is 802. The predicted molar refractivity (Wildman–Crippen MR) is 103 cm³/mol. The first-order valence-electron chi connectivity index (χ1n) is 7.28. The first kappa shape index (κ1) is 17.3. The van der Waals surface area contributed by atoms with Gasteiger partial charge in [-0.2, -0.15) is 0 Å². The van der Waals surface area contributed by atoms with Gasteiger partial charge in [0, 0.05) is 10.0 Å². The number of halogens is 1. The van der Waals surface area contributed by atoms with Gasteiger partial charge in [-0.15, -0.1) is 0 Å². The number of ether oxygens (including phenoxy) is 1. The standard InChI is InChI=1S/C17H14BrNO3S2/c1-2-21-14-6-5-12(18)8-11(14)9-15-16(20)19(17(23)24-15)10-13-4-3-7-22-13/h3-9H,2,10H2,1H3/b15-9-. The number of hydrogen-bond donors (Lipinski definition) is 0. The second kappa shape index (κ2) is 7.55. The molecule has 7 heteroatoms. The molecule has 1 fully saturated rings. The van der Waals surface area contributed by atoms with E-state index in [-0.39, 0.29) is 5.91 Å². The van der Waals surface area contributed by atoms with E-state index in [0.717, 1.165) is 15.8 Å². The van der Waals surface area contributed by atoms with Crippen LogP contribution in [0.2, 0.25) is 0 Å². The first-order valence-corrected chi connectivity index (χ1v) is 9.30. The molecule has 1 aromatic heterocycles. The molecule has 2 aromatic rings. The molecule has 0 atom stereocenters. The van der Waals surface area contributed by atoms with Crippen LogP contribution >= 0.6 is 39.9 Å². The van der Waals surface area contributed by atoms with Crippen LogP contribution in [0.3, 0.4) is 0 Å². The maximum atomic E-state index is 12.7. The normalized spacial score (nSPS) is 16.2. The number of amides is 1. The van der Waals surface area contributed by atoms with Gasteiger partial charge in [0.25, 0.3) is 5.91 Å². The lowest BCUT2D eigenvalue weighted by Crippen LogP contribution is -2.27. The topological polar surface area (TPSA) is 42.7 Å². The van der Waals surface area contributed by atoms with Gasteiger partial charge < -0.3 is 9.15 Å². The van der Waals surface area contributed by atoms with Crippen molar-refractivity contribution in [3.05, 3.63) is 57.3 Å². The third-order valence-electron chi connectivity index (χ3n) is 3.33. The highest BCUT2D eigenvalue weighted by Gasteiger charge is 2.32. The molecule has 0 unspecified atom stereocenters. The fourth-order valence-electron chi connectivity index (χ4n) is 2.25. The second-order valence-corrected chi connectivity index (χ2v) is 7.55. The van der Waals surface area contributed by atoms with Crippen molar-refractivity contribution in [2.75, 3.05) is 6.61 Å². The number of rotatable bonds is 5. The lowest BCUT2D eigenvalue weighted by Gasteiger charge is -2.12. The summed E-state index contributed by atoms with van der Waals surface area (Å²) < 4.78 is 12.4. The van der Waals surface area contributed by atoms with Crippen molar-refractivity contribution in [2.24, 2.45) is 0 Å². The van der Waals surface area contributed by atoms with Crippen molar-refractivity contribution in [2.45, 2.75) is 13.5 Å². The monoisotopic (exact) mass is 423 g/mol. The number of thiocarbonyl (C=S) groups is 1. The summed E-state index contributed by atoms with van der Waals surface area (Å²) in [6.45, 7) is 2.82. The minimum absolute atomic E-state index is 0.121. The van der Waals surface area contributed by atoms with Gasteiger partial charge in [-0.1, -0.05) is 39.9 Å². The Morgan fingerprint density at radius 2 is 2.25 bits per heavy atom. The minimum atomic E-state index is -0.121. The van der Waals surface area contributed by atoms with Crippen LogP contribution in [0.1, 0.15) is 18.2 Å². The molecule has 1 aromatic carbocycles. The van der Waals surface area contributed by atoms with Crippen LogP contribution in [-0.4, -0.2) is 21.7 Å². The molecule has 0 N–H and O–H groups in total. The van der Waals surface area contributed by atoms with Gasteiger partial charge >= 0.3 is 0 Å². The van der Waals surface area contributed by atoms with E-state index in [1.165, 1.54) is 11.8 Å². The predicted octanol–water partition coefficient (Wildman–Crippen LogP) is 4.84. The molecular formula is C17H14BrNO3S2. The third kappa shape index (κ3) is 3.74. The molecule has 0 spiro atoms. The van der Waals surface area contributed by atoms with E-state index in [2.05, 4.69) is 15.9 Å². The Hall–Kier alpha value is -1.57. The van der Waals surface area contributed by atoms with Crippen molar-refractivity contribution in [1.29, 1.82) is 0 Å². The highest BCUT2D eigenvalue weighted by atomic mass is 79.9. The molecule has 2 heterocycles. The van der Waals surface area contributed by atoms with Crippen molar-refractivity contribution >= 4 is 56.2 Å². The van der Waals surface area contributed by atoms with E-state index in [0.29, 0.717) is 28.1 Å². The SMILES string of the molecule is CCOc1ccc(Br)cc1/C=C1\SC(=S)N(Cc2ccco2)C1=O. The molecule has 1 amide bonds. The van der Waals surface area contributed by atoms with Gasteiger partial charge in [-0.05, 0) is 43.3 Å². The highest BCUT2D eigenvalue weighted by molar-refractivity contribution is 9.10. The zero-order valence-corrected chi connectivity index (χ0v) is 16.0. The third-order valence-corrected chi connectivity index (χ3v) is 5.20. The summed E-state index contributed by atoms with van der Waals surface area (Å²) in [5.74, 6) is 1.31. The summed E-state index contributed by atoms with van der Waals surface area (Å²) in [7, 11) is 0. The average Bonchev–Trinajstić information content (AvgIpc) is 3.15. The number of hydrogen-bond acceptors (Lipinski definition) is 5. The van der Waals surface area contributed by atoms with E-state index < -0.39 is 0 Å². The quantitative estimate of drug-likeness (QED) is 0.508. The molecule has 1 aliphatic heterocycles. The zero-order valence-electron chi connectivity index (χ0n) is 12.8. The minimum Gasteiger partial charge on any atom is -0.493 e. The summed E-state index contributed by atoms with van der Waals surface area (Å²) in [6, 6.07) is 9.32. The summed E-state index contributed by atoms with van der Waals surface area (Å²) in [6.07, 6.45) is 3.40. The van der Waals surface area contributed by atoms with Gasteiger partial charge in [0.15, 0.2) is 0 Å². The van der Waals surface area contributed by atoms with Crippen LogP contribution in [0.25, 0.3) is 6.08 Å². The molecule has 0 aliphatic carbocycles. The van der Waals surface area contributed by atoms with E-state index in [9.17, 15) is 4.79 Å². The zero-order chi connectivity index (χ0) is 17.1. The van der Waals surface area contributed by atoms with E-state index in [1.807, 2.05) is 37.3 Å². The van der Waals surface area contributed by atoms with Crippen LogP contribution in [0.5, 0.6) is 5.75 Å². The molecule has 1 aliphatic rings. The molecule has 24 heavy (non-hydrogen) atoms. The number of carbonyl (C=O) groups excluding carboxylic acids is 1. The lowest BCUT2D eigenvalue weighted by atomic mass is 10.2. The number of thioether (sulfide) groups is 1. The molecule has 0 radical (unpaired) electrons. The Morgan fingerprint density at radius 3 is 2.96 bits per heavy atom. The number of carbonyl (C=O) groups is 1. The summed E-state index contributed by atoms with van der Waals surface area (Å²) in [4.78, 5) is 14.8. The fourth-order valence-corrected chi connectivity index (χ4v) is 3.88. The molecule has 124 valence electrons. The smallest absolute Gasteiger partial charge is 0.266 e. The molecule has 4 nitrogen and oxygen atoms in total. The fraction of sp³-hybridized carbons (Fsp3) is 0.176. The van der Waals surface area contributed by atoms with Crippen LogP contribution in [0.15, 0.2) is 50.4 Å². The number of benzene rings is 1. The van der Waals surface area contributed by atoms with Crippen LogP contribution < -0.4 is 4.74 Å². The van der Waals surface area contributed by atoms with Crippen molar-refractivity contribution in [3.8, 4) is 5.75 Å². The van der Waals surface area contributed by atoms with Gasteiger partial charge in [0.2, 0.25) is 0 Å². The molecule has 3 rings (SSSR count). The Balaban J connectivity index is 1.87. The van der Waals surface area contributed by atoms with Crippen molar-refractivity contribution < 1.29 is 13.9 Å². The largest absolute Gasteiger partial charge is 0.493 e. The number of nitrogens with zero attached hydrogens (tertiary/aromatic N) is 1. The molecule has 1 saturated heterocycles. The Labute approximate surface area is 158 Å². The van der Waals surface area contributed by atoms with Crippen molar-refractivity contribution in [1.82, 2.24) is 4.90 Å². The molecular weight excluding hydrogens is 410 g/mol. The second-order valence-electron chi connectivity index (χ2n) is 4.96. The van der Waals surface area contributed by atoms with E-state index in [1.54, 1.807) is 17.2 Å². The van der Waals surface area contributed by atoms with E-state index >= 15 is 0 Å². The molecule has 0 bridgehead atoms. The average molecular weight is 424 g/mol. The van der Waals surface area contributed by atoms with Gasteiger partial charge in [-0.3, -0.25) is 9.69 Å². The maximum Gasteiger partial charge on any atom is 0.266 e. The lowest BCUT2D eigenvalue weighted by molar-refractivity contribution is -0.122. The Kier molecular flexibility index (Phi) is 5.43. The van der Waals surface area contributed by atoms with Crippen LogP contribution in [-0.2, 0) is 11.3 Å².